The lowest BCUT2D eigenvalue weighted by Gasteiger charge is -2.14. The second kappa shape index (κ2) is 8.95. The third-order valence-corrected chi connectivity index (χ3v) is 4.64. The summed E-state index contributed by atoms with van der Waals surface area (Å²) in [5.41, 5.74) is -0.338. The fourth-order valence-electron chi connectivity index (χ4n) is 2.49. The van der Waals surface area contributed by atoms with E-state index >= 15 is 0 Å². The lowest BCUT2D eigenvalue weighted by molar-refractivity contribution is -0.143. The van der Waals surface area contributed by atoms with Crippen LogP contribution in [0.4, 0.5) is 13.2 Å². The van der Waals surface area contributed by atoms with Gasteiger partial charge in [-0.25, -0.2) is 4.79 Å². The highest BCUT2D eigenvalue weighted by Crippen LogP contribution is 2.39. The molecule has 3 rings (SSSR count). The maximum atomic E-state index is 13.3. The molecule has 5 nitrogen and oxygen atoms in total. The van der Waals surface area contributed by atoms with Gasteiger partial charge in [0.15, 0.2) is 6.61 Å². The van der Waals surface area contributed by atoms with Crippen LogP contribution in [0.1, 0.15) is 17.1 Å². The summed E-state index contributed by atoms with van der Waals surface area (Å²) in [5.74, 6) is -0.372. The lowest BCUT2D eigenvalue weighted by atomic mass is 10.1. The standard InChI is InChI=1S/C20H15F3O5S/c21-20(22,23)15-11-13(5-6-18(15)28-12-19(24)25)29-10-7-14(16-3-1-8-26-16)17-4-2-9-27-17/h1-9,11H,10,12H2,(H,24,25). The van der Waals surface area contributed by atoms with Gasteiger partial charge in [-0.3, -0.25) is 0 Å². The minimum Gasteiger partial charge on any atom is -0.481 e. The van der Waals surface area contributed by atoms with Crippen molar-refractivity contribution in [3.8, 4) is 5.75 Å². The van der Waals surface area contributed by atoms with Gasteiger partial charge in [-0.2, -0.15) is 13.2 Å². The second-order valence-electron chi connectivity index (χ2n) is 5.72. The van der Waals surface area contributed by atoms with E-state index in [9.17, 15) is 18.0 Å². The van der Waals surface area contributed by atoms with Gasteiger partial charge in [0.1, 0.15) is 17.3 Å². The van der Waals surface area contributed by atoms with E-state index in [0.717, 1.165) is 12.1 Å². The number of thioether (sulfide) groups is 1. The van der Waals surface area contributed by atoms with Crippen molar-refractivity contribution in [1.82, 2.24) is 0 Å². The topological polar surface area (TPSA) is 72.8 Å². The molecule has 0 saturated heterocycles. The summed E-state index contributed by atoms with van der Waals surface area (Å²) in [6, 6.07) is 10.5. The van der Waals surface area contributed by atoms with Crippen molar-refractivity contribution in [2.24, 2.45) is 0 Å². The average molecular weight is 424 g/mol. The predicted octanol–water partition coefficient (Wildman–Crippen LogP) is 5.58. The molecule has 9 heteroatoms. The van der Waals surface area contributed by atoms with E-state index in [1.165, 1.54) is 30.4 Å². The van der Waals surface area contributed by atoms with Crippen molar-refractivity contribution in [3.05, 3.63) is 78.2 Å². The molecule has 152 valence electrons. The Bertz CT molecular complexity index is 940. The number of benzene rings is 1. The van der Waals surface area contributed by atoms with Crippen LogP contribution in [-0.4, -0.2) is 23.4 Å². The molecule has 0 bridgehead atoms. The number of aliphatic carboxylic acids is 1. The smallest absolute Gasteiger partial charge is 0.420 e. The summed E-state index contributed by atoms with van der Waals surface area (Å²) < 4.78 is 55.5. The maximum absolute atomic E-state index is 13.3. The quantitative estimate of drug-likeness (QED) is 0.476. The van der Waals surface area contributed by atoms with E-state index in [4.69, 9.17) is 18.7 Å². The summed E-state index contributed by atoms with van der Waals surface area (Å²) >= 11 is 1.18. The maximum Gasteiger partial charge on any atom is 0.420 e. The van der Waals surface area contributed by atoms with E-state index in [1.54, 1.807) is 30.3 Å². The molecule has 0 atom stereocenters. The Morgan fingerprint density at radius 1 is 1.10 bits per heavy atom. The first kappa shape index (κ1) is 20.7. The first-order valence-electron chi connectivity index (χ1n) is 8.31. The number of carboxylic acids is 1. The third kappa shape index (κ3) is 5.47. The van der Waals surface area contributed by atoms with E-state index in [-0.39, 0.29) is 0 Å². The summed E-state index contributed by atoms with van der Waals surface area (Å²) in [6.45, 7) is -0.853. The van der Waals surface area contributed by atoms with Crippen molar-refractivity contribution in [1.29, 1.82) is 0 Å². The third-order valence-electron chi connectivity index (χ3n) is 3.72. The summed E-state index contributed by atoms with van der Waals surface area (Å²) in [6.07, 6.45) is 0.160. The van der Waals surface area contributed by atoms with E-state index in [0.29, 0.717) is 27.7 Å². The molecule has 0 spiro atoms. The molecule has 0 radical (unpaired) electrons. The van der Waals surface area contributed by atoms with Crippen LogP contribution in [-0.2, 0) is 11.0 Å². The van der Waals surface area contributed by atoms with Gasteiger partial charge in [0, 0.05) is 10.6 Å². The van der Waals surface area contributed by atoms with Gasteiger partial charge in [0.2, 0.25) is 0 Å². The number of hydrogen-bond acceptors (Lipinski definition) is 5. The van der Waals surface area contributed by atoms with Crippen LogP contribution in [0.15, 0.2) is 74.8 Å². The summed E-state index contributed by atoms with van der Waals surface area (Å²) in [5, 5.41) is 8.62. The summed E-state index contributed by atoms with van der Waals surface area (Å²) in [7, 11) is 0. The molecule has 0 aliphatic carbocycles. The largest absolute Gasteiger partial charge is 0.481 e. The van der Waals surface area contributed by atoms with Gasteiger partial charge < -0.3 is 18.7 Å². The Hall–Kier alpha value is -3.07. The number of halogens is 3. The molecular weight excluding hydrogens is 409 g/mol. The van der Waals surface area contributed by atoms with E-state index < -0.39 is 30.1 Å². The van der Waals surface area contributed by atoms with Crippen molar-refractivity contribution in [2.45, 2.75) is 11.1 Å². The second-order valence-corrected chi connectivity index (χ2v) is 6.81. The molecule has 1 aromatic carbocycles. The number of furan rings is 2. The highest BCUT2D eigenvalue weighted by Gasteiger charge is 2.35. The van der Waals surface area contributed by atoms with Crippen LogP contribution in [0.5, 0.6) is 5.75 Å². The zero-order chi connectivity index (χ0) is 20.9. The van der Waals surface area contributed by atoms with Crippen LogP contribution < -0.4 is 4.74 Å². The van der Waals surface area contributed by atoms with Crippen LogP contribution in [0.25, 0.3) is 5.57 Å². The van der Waals surface area contributed by atoms with Crippen LogP contribution in [0.2, 0.25) is 0 Å². The van der Waals surface area contributed by atoms with E-state index in [2.05, 4.69) is 0 Å². The monoisotopic (exact) mass is 424 g/mol. The average Bonchev–Trinajstić information content (AvgIpc) is 3.37. The molecule has 0 saturated carbocycles. The van der Waals surface area contributed by atoms with Crippen molar-refractivity contribution < 1.29 is 36.6 Å². The molecule has 2 heterocycles. The van der Waals surface area contributed by atoms with Gasteiger partial charge in [0.05, 0.1) is 23.7 Å². The Kier molecular flexibility index (Phi) is 6.38. The van der Waals surface area contributed by atoms with Gasteiger partial charge in [0.25, 0.3) is 0 Å². The first-order valence-corrected chi connectivity index (χ1v) is 9.29. The highest BCUT2D eigenvalue weighted by atomic mass is 32.2. The Labute approximate surface area is 167 Å². The number of alkyl halides is 3. The van der Waals surface area contributed by atoms with Crippen molar-refractivity contribution >= 4 is 23.3 Å². The molecular formula is C20H15F3O5S. The Morgan fingerprint density at radius 2 is 1.76 bits per heavy atom. The molecule has 0 amide bonds. The van der Waals surface area contributed by atoms with Crippen LogP contribution in [0, 0.1) is 0 Å². The van der Waals surface area contributed by atoms with Gasteiger partial charge in [-0.15, -0.1) is 11.8 Å². The first-order chi connectivity index (χ1) is 13.8. The molecule has 1 N–H and O–H groups in total. The van der Waals surface area contributed by atoms with Crippen molar-refractivity contribution in [3.63, 3.8) is 0 Å². The molecule has 29 heavy (non-hydrogen) atoms. The molecule has 0 aliphatic rings. The van der Waals surface area contributed by atoms with Crippen LogP contribution >= 0.6 is 11.8 Å². The number of carboxylic acid groups (broad SMARTS) is 1. The zero-order valence-corrected chi connectivity index (χ0v) is 15.6. The molecule has 0 aliphatic heterocycles. The lowest BCUT2D eigenvalue weighted by Crippen LogP contribution is -2.14. The summed E-state index contributed by atoms with van der Waals surface area (Å²) in [4.78, 5) is 10.9. The molecule has 0 unspecified atom stereocenters. The minimum atomic E-state index is -4.67. The fourth-order valence-corrected chi connectivity index (χ4v) is 3.30. The van der Waals surface area contributed by atoms with Crippen LogP contribution in [0.3, 0.4) is 0 Å². The molecule has 0 fully saturated rings. The number of hydrogen-bond donors (Lipinski definition) is 1. The number of rotatable bonds is 8. The Morgan fingerprint density at radius 3 is 2.28 bits per heavy atom. The van der Waals surface area contributed by atoms with Crippen molar-refractivity contribution in [2.75, 3.05) is 12.4 Å². The normalized spacial score (nSPS) is 11.3. The van der Waals surface area contributed by atoms with Gasteiger partial charge in [-0.1, -0.05) is 6.08 Å². The van der Waals surface area contributed by atoms with E-state index in [1.807, 2.05) is 0 Å². The predicted molar refractivity (Wildman–Crippen MR) is 99.8 cm³/mol. The van der Waals surface area contributed by atoms with Gasteiger partial charge >= 0.3 is 12.1 Å². The number of carbonyl (C=O) groups is 1. The highest BCUT2D eigenvalue weighted by molar-refractivity contribution is 7.99. The number of ether oxygens (including phenoxy) is 1. The minimum absolute atomic E-state index is 0.351. The zero-order valence-electron chi connectivity index (χ0n) is 14.8. The van der Waals surface area contributed by atoms with Gasteiger partial charge in [-0.05, 0) is 42.5 Å². The SMILES string of the molecule is O=C(O)COc1ccc(SCC=C(c2ccco2)c2ccco2)cc1C(F)(F)F. The fraction of sp³-hybridized carbons (Fsp3) is 0.150. The molecule has 3 aromatic rings. The Balaban J connectivity index is 1.79. The molecule has 2 aromatic heterocycles.